The molecule has 148 valence electrons. The molecule has 0 spiro atoms. The van der Waals surface area contributed by atoms with Crippen LogP contribution in [0, 0.1) is 11.3 Å². The molecule has 0 aliphatic carbocycles. The fraction of sp³-hybridized carbons (Fsp3) is 0.435. The van der Waals surface area contributed by atoms with Crippen molar-refractivity contribution in [2.45, 2.75) is 44.8 Å². The van der Waals surface area contributed by atoms with Crippen LogP contribution < -0.4 is 10.1 Å². The first-order valence-corrected chi connectivity index (χ1v) is 10.4. The van der Waals surface area contributed by atoms with Crippen molar-refractivity contribution in [1.82, 2.24) is 10.2 Å². The van der Waals surface area contributed by atoms with E-state index in [1.807, 2.05) is 24.3 Å². The molecule has 2 aromatic rings. The summed E-state index contributed by atoms with van der Waals surface area (Å²) < 4.78 is 5.72. The van der Waals surface area contributed by atoms with Crippen molar-refractivity contribution < 1.29 is 4.74 Å². The molecule has 0 bridgehead atoms. The molecule has 0 radical (unpaired) electrons. The van der Waals surface area contributed by atoms with Crippen molar-refractivity contribution in [2.75, 3.05) is 19.7 Å². The van der Waals surface area contributed by atoms with Gasteiger partial charge in [-0.3, -0.25) is 4.90 Å². The maximum Gasteiger partial charge on any atom is 0.119 e. The minimum absolute atomic E-state index is 0.540. The van der Waals surface area contributed by atoms with Gasteiger partial charge in [-0.05, 0) is 67.7 Å². The molecule has 1 aliphatic heterocycles. The summed E-state index contributed by atoms with van der Waals surface area (Å²) in [4.78, 5) is 2.51. The quantitative estimate of drug-likeness (QED) is 0.619. The van der Waals surface area contributed by atoms with Gasteiger partial charge in [0.2, 0.25) is 0 Å². The van der Waals surface area contributed by atoms with Crippen LogP contribution in [0.1, 0.15) is 36.8 Å². The summed E-state index contributed by atoms with van der Waals surface area (Å²) in [5.74, 6) is 0.884. The van der Waals surface area contributed by atoms with Gasteiger partial charge in [-0.25, -0.2) is 0 Å². The van der Waals surface area contributed by atoms with Crippen LogP contribution in [0.4, 0.5) is 0 Å². The fourth-order valence-corrected chi connectivity index (χ4v) is 3.62. The van der Waals surface area contributed by atoms with Gasteiger partial charge in [0, 0.05) is 30.6 Å². The highest BCUT2D eigenvalue weighted by Crippen LogP contribution is 2.17. The minimum Gasteiger partial charge on any atom is -0.494 e. The molecule has 28 heavy (non-hydrogen) atoms. The lowest BCUT2D eigenvalue weighted by molar-refractivity contribution is 0.190. The van der Waals surface area contributed by atoms with Crippen LogP contribution in [-0.2, 0) is 13.1 Å². The second kappa shape index (κ2) is 11.1. The Balaban J connectivity index is 1.38. The number of likely N-dealkylation sites (tertiary alicyclic amines) is 1. The lowest BCUT2D eigenvalue weighted by Crippen LogP contribution is -2.41. The summed E-state index contributed by atoms with van der Waals surface area (Å²) in [5.41, 5.74) is 2.56. The molecule has 4 nitrogen and oxygen atoms in total. The van der Waals surface area contributed by atoms with E-state index in [-0.39, 0.29) is 0 Å². The largest absolute Gasteiger partial charge is 0.494 e. The van der Waals surface area contributed by atoms with Crippen LogP contribution in [0.2, 0.25) is 5.02 Å². The van der Waals surface area contributed by atoms with Gasteiger partial charge in [-0.15, -0.1) is 0 Å². The van der Waals surface area contributed by atoms with E-state index in [1.54, 1.807) is 0 Å². The van der Waals surface area contributed by atoms with Crippen LogP contribution in [0.15, 0.2) is 48.5 Å². The number of unbranched alkanes of at least 4 members (excludes halogenated alkanes) is 1. The van der Waals surface area contributed by atoms with Gasteiger partial charge in [0.15, 0.2) is 0 Å². The van der Waals surface area contributed by atoms with Gasteiger partial charge < -0.3 is 10.1 Å². The number of halogens is 1. The van der Waals surface area contributed by atoms with E-state index >= 15 is 0 Å². The Morgan fingerprint density at radius 3 is 2.64 bits per heavy atom. The number of hydrogen-bond donors (Lipinski definition) is 1. The smallest absolute Gasteiger partial charge is 0.119 e. The van der Waals surface area contributed by atoms with E-state index in [9.17, 15) is 0 Å². The van der Waals surface area contributed by atoms with Crippen LogP contribution >= 0.6 is 11.6 Å². The molecule has 5 heteroatoms. The summed E-state index contributed by atoms with van der Waals surface area (Å²) >= 11 is 5.96. The Morgan fingerprint density at radius 2 is 1.89 bits per heavy atom. The summed E-state index contributed by atoms with van der Waals surface area (Å²) in [6.45, 7) is 4.67. The molecule has 1 saturated heterocycles. The normalized spacial score (nSPS) is 15.3. The zero-order valence-corrected chi connectivity index (χ0v) is 17.0. The molecule has 0 amide bonds. The zero-order valence-electron chi connectivity index (χ0n) is 16.2. The standard InChI is InChI=1S/C23H28ClN3O/c24-21-8-6-19(7-9-21)18-27-13-10-22(11-14-27)26-17-20-4-3-5-23(16-20)28-15-2-1-12-25/h3-9,16,22,26H,1-2,10-11,13-15,17-18H2. The SMILES string of the molecule is N#CCCCOc1cccc(CNC2CCN(Cc3ccc(Cl)cc3)CC2)c1. The average Bonchev–Trinajstić information content (AvgIpc) is 2.73. The topological polar surface area (TPSA) is 48.3 Å². The molecule has 1 fully saturated rings. The van der Waals surface area contributed by atoms with Gasteiger partial charge in [0.25, 0.3) is 0 Å². The molecule has 1 N–H and O–H groups in total. The number of hydrogen-bond acceptors (Lipinski definition) is 4. The molecule has 2 aromatic carbocycles. The number of ether oxygens (including phenoxy) is 1. The van der Waals surface area contributed by atoms with Crippen LogP contribution in [0.25, 0.3) is 0 Å². The summed E-state index contributed by atoms with van der Waals surface area (Å²) in [5, 5.41) is 13.1. The molecule has 1 aliphatic rings. The van der Waals surface area contributed by atoms with Crippen molar-refractivity contribution in [3.8, 4) is 11.8 Å². The van der Waals surface area contributed by atoms with Gasteiger partial charge >= 0.3 is 0 Å². The molecule has 0 aromatic heterocycles. The summed E-state index contributed by atoms with van der Waals surface area (Å²) in [6, 6.07) is 19.1. The summed E-state index contributed by atoms with van der Waals surface area (Å²) in [6.07, 6.45) is 3.64. The van der Waals surface area contributed by atoms with Crippen molar-refractivity contribution in [1.29, 1.82) is 5.26 Å². The second-order valence-electron chi connectivity index (χ2n) is 7.32. The van der Waals surface area contributed by atoms with E-state index in [0.29, 0.717) is 19.1 Å². The first-order valence-electron chi connectivity index (χ1n) is 10.0. The van der Waals surface area contributed by atoms with E-state index in [4.69, 9.17) is 21.6 Å². The molecular formula is C23H28ClN3O. The van der Waals surface area contributed by atoms with Gasteiger partial charge in [0.1, 0.15) is 5.75 Å². The Bertz CT molecular complexity index is 764. The average molecular weight is 398 g/mol. The molecule has 1 heterocycles. The maximum absolute atomic E-state index is 8.58. The second-order valence-corrected chi connectivity index (χ2v) is 7.75. The van der Waals surface area contributed by atoms with E-state index < -0.39 is 0 Å². The number of nitrogens with zero attached hydrogens (tertiary/aromatic N) is 2. The minimum atomic E-state index is 0.540. The van der Waals surface area contributed by atoms with Gasteiger partial charge in [-0.1, -0.05) is 35.9 Å². The Kier molecular flexibility index (Phi) is 8.17. The first kappa shape index (κ1) is 20.7. The Morgan fingerprint density at radius 1 is 1.11 bits per heavy atom. The number of nitriles is 1. The number of rotatable bonds is 9. The number of piperidine rings is 1. The maximum atomic E-state index is 8.58. The number of benzene rings is 2. The van der Waals surface area contributed by atoms with Crippen LogP contribution in [-0.4, -0.2) is 30.6 Å². The first-order chi connectivity index (χ1) is 13.7. The Hall–Kier alpha value is -2.06. The highest BCUT2D eigenvalue weighted by Gasteiger charge is 2.18. The van der Waals surface area contributed by atoms with Crippen molar-refractivity contribution in [3.05, 3.63) is 64.7 Å². The highest BCUT2D eigenvalue weighted by atomic mass is 35.5. The Labute approximate surface area is 173 Å². The zero-order chi connectivity index (χ0) is 19.6. The third-order valence-corrected chi connectivity index (χ3v) is 5.35. The predicted molar refractivity (Wildman–Crippen MR) is 113 cm³/mol. The van der Waals surface area contributed by atoms with E-state index in [2.05, 4.69) is 40.6 Å². The monoisotopic (exact) mass is 397 g/mol. The van der Waals surface area contributed by atoms with Crippen molar-refractivity contribution in [3.63, 3.8) is 0 Å². The molecule has 0 unspecified atom stereocenters. The summed E-state index contributed by atoms with van der Waals surface area (Å²) in [7, 11) is 0. The fourth-order valence-electron chi connectivity index (χ4n) is 3.49. The third kappa shape index (κ3) is 6.83. The molecule has 3 rings (SSSR count). The van der Waals surface area contributed by atoms with Crippen LogP contribution in [0.3, 0.4) is 0 Å². The lowest BCUT2D eigenvalue weighted by Gasteiger charge is -2.32. The third-order valence-electron chi connectivity index (χ3n) is 5.10. The predicted octanol–water partition coefficient (Wildman–Crippen LogP) is 4.78. The van der Waals surface area contributed by atoms with Crippen molar-refractivity contribution >= 4 is 11.6 Å². The highest BCUT2D eigenvalue weighted by molar-refractivity contribution is 6.30. The molecular weight excluding hydrogens is 370 g/mol. The van der Waals surface area contributed by atoms with E-state index in [1.165, 1.54) is 11.1 Å². The molecule has 0 saturated carbocycles. The van der Waals surface area contributed by atoms with Gasteiger partial charge in [-0.2, -0.15) is 5.26 Å². The van der Waals surface area contributed by atoms with E-state index in [0.717, 1.165) is 56.2 Å². The van der Waals surface area contributed by atoms with Crippen molar-refractivity contribution in [2.24, 2.45) is 0 Å². The number of nitrogens with one attached hydrogen (secondary N) is 1. The lowest BCUT2D eigenvalue weighted by atomic mass is 10.0. The molecule has 0 atom stereocenters. The van der Waals surface area contributed by atoms with Gasteiger partial charge in [0.05, 0.1) is 12.7 Å². The van der Waals surface area contributed by atoms with Crippen LogP contribution in [0.5, 0.6) is 5.75 Å².